The highest BCUT2D eigenvalue weighted by Crippen LogP contribution is 2.37. The van der Waals surface area contributed by atoms with Crippen molar-refractivity contribution in [2.45, 2.75) is 64.1 Å². The van der Waals surface area contributed by atoms with Crippen LogP contribution in [0.2, 0.25) is 5.02 Å². The number of benzene rings is 3. The Balaban J connectivity index is 2.17. The molecule has 0 saturated heterocycles. The number of rotatable bonds is 15. The topological polar surface area (TPSA) is 114 Å². The van der Waals surface area contributed by atoms with E-state index in [-0.39, 0.29) is 45.6 Å². The second kappa shape index (κ2) is 15.9. The number of ether oxygens (including phenoxy) is 3. The zero-order valence-corrected chi connectivity index (χ0v) is 28.4. The Kier molecular flexibility index (Phi) is 12.5. The van der Waals surface area contributed by atoms with Crippen LogP contribution in [0, 0.1) is 6.92 Å². The van der Waals surface area contributed by atoms with Crippen LogP contribution in [-0.4, -0.2) is 65.1 Å². The van der Waals surface area contributed by atoms with Crippen LogP contribution in [0.5, 0.6) is 17.2 Å². The number of anilines is 1. The highest BCUT2D eigenvalue weighted by atomic mass is 35.5. The molecule has 0 unspecified atom stereocenters. The number of halogens is 1. The minimum atomic E-state index is -4.43. The lowest BCUT2D eigenvalue weighted by Crippen LogP contribution is -2.53. The lowest BCUT2D eigenvalue weighted by molar-refractivity contribution is -0.140. The molecule has 45 heavy (non-hydrogen) atoms. The minimum absolute atomic E-state index is 0.0560. The number of aryl methyl sites for hydroxylation is 1. The zero-order chi connectivity index (χ0) is 33.3. The van der Waals surface area contributed by atoms with E-state index in [1.807, 2.05) is 52.0 Å². The molecule has 0 aliphatic carbocycles. The molecular weight excluding hydrogens is 618 g/mol. The first-order valence-corrected chi connectivity index (χ1v) is 16.5. The molecular formula is C33H42ClN3O7S. The second-order valence-corrected chi connectivity index (χ2v) is 12.9. The number of amides is 2. The fourth-order valence-electron chi connectivity index (χ4n) is 4.73. The van der Waals surface area contributed by atoms with Crippen molar-refractivity contribution in [3.63, 3.8) is 0 Å². The Labute approximate surface area is 271 Å². The number of carbonyl (C=O) groups excluding carboxylic acids is 2. The molecule has 0 spiro atoms. The van der Waals surface area contributed by atoms with Crippen molar-refractivity contribution >= 4 is 39.1 Å². The molecule has 0 radical (unpaired) electrons. The quantitative estimate of drug-likeness (QED) is 0.226. The molecule has 0 heterocycles. The summed E-state index contributed by atoms with van der Waals surface area (Å²) >= 11 is 6.34. The van der Waals surface area contributed by atoms with Gasteiger partial charge in [0.15, 0.2) is 11.5 Å². The summed E-state index contributed by atoms with van der Waals surface area (Å²) in [5.41, 5.74) is 1.89. The van der Waals surface area contributed by atoms with Gasteiger partial charge in [-0.3, -0.25) is 13.9 Å². The standard InChI is InChI=1S/C33H42ClN3O7S/c1-8-23(4)35-33(39)27(9-2)36(20-24-12-10-22(3)11-13-24)32(38)21-37(28-18-25(34)14-16-29(28)42-5)45(40,41)26-15-17-30(43-6)31(19-26)44-7/h10-19,23,27H,8-9,20-21H2,1-7H3,(H,35,39)/t23-,27+/m1/s1. The fraction of sp³-hybridized carbons (Fsp3) is 0.394. The summed E-state index contributed by atoms with van der Waals surface area (Å²) in [6, 6.07) is 15.3. The monoisotopic (exact) mass is 659 g/mol. The van der Waals surface area contributed by atoms with Gasteiger partial charge in [-0.05, 0) is 62.6 Å². The van der Waals surface area contributed by atoms with Crippen molar-refractivity contribution in [3.8, 4) is 17.2 Å². The molecule has 1 N–H and O–H groups in total. The van der Waals surface area contributed by atoms with Gasteiger partial charge in [-0.2, -0.15) is 0 Å². The summed E-state index contributed by atoms with van der Waals surface area (Å²) < 4.78 is 45.8. The number of hydrogen-bond acceptors (Lipinski definition) is 7. The third-order valence-electron chi connectivity index (χ3n) is 7.49. The van der Waals surface area contributed by atoms with E-state index in [2.05, 4.69) is 5.32 Å². The molecule has 0 saturated carbocycles. The summed E-state index contributed by atoms with van der Waals surface area (Å²) in [5.74, 6) is -0.198. The minimum Gasteiger partial charge on any atom is -0.495 e. The van der Waals surface area contributed by atoms with E-state index in [9.17, 15) is 18.0 Å². The van der Waals surface area contributed by atoms with E-state index >= 15 is 0 Å². The molecule has 2 atom stereocenters. The summed E-state index contributed by atoms with van der Waals surface area (Å²) in [6.45, 7) is 7.05. The van der Waals surface area contributed by atoms with Gasteiger partial charge < -0.3 is 24.4 Å². The Hall–Kier alpha value is -3.96. The first kappa shape index (κ1) is 35.5. The first-order valence-electron chi connectivity index (χ1n) is 14.6. The van der Waals surface area contributed by atoms with E-state index in [1.165, 1.54) is 56.6 Å². The third kappa shape index (κ3) is 8.61. The maximum Gasteiger partial charge on any atom is 0.265 e. The van der Waals surface area contributed by atoms with Crippen LogP contribution in [0.4, 0.5) is 5.69 Å². The maximum atomic E-state index is 14.4. The molecule has 10 nitrogen and oxygen atoms in total. The molecule has 3 aromatic rings. The first-order chi connectivity index (χ1) is 21.4. The maximum absolute atomic E-state index is 14.4. The number of carbonyl (C=O) groups is 2. The predicted molar refractivity (Wildman–Crippen MR) is 176 cm³/mol. The van der Waals surface area contributed by atoms with Crippen molar-refractivity contribution in [1.82, 2.24) is 10.2 Å². The largest absolute Gasteiger partial charge is 0.495 e. The summed E-state index contributed by atoms with van der Waals surface area (Å²) in [4.78, 5) is 29.1. The number of nitrogens with zero attached hydrogens (tertiary/aromatic N) is 2. The number of sulfonamides is 1. The molecule has 0 bridgehead atoms. The average molecular weight is 660 g/mol. The van der Waals surface area contributed by atoms with Crippen LogP contribution in [-0.2, 0) is 26.2 Å². The van der Waals surface area contributed by atoms with Crippen molar-refractivity contribution in [3.05, 3.63) is 76.8 Å². The van der Waals surface area contributed by atoms with E-state index in [1.54, 1.807) is 6.07 Å². The highest BCUT2D eigenvalue weighted by Gasteiger charge is 2.35. The normalized spacial score (nSPS) is 12.5. The van der Waals surface area contributed by atoms with Gasteiger partial charge in [0.05, 0.1) is 31.9 Å². The fourth-order valence-corrected chi connectivity index (χ4v) is 6.33. The number of nitrogens with one attached hydrogen (secondary N) is 1. The van der Waals surface area contributed by atoms with Crippen LogP contribution in [0.1, 0.15) is 44.7 Å². The lowest BCUT2D eigenvalue weighted by atomic mass is 10.1. The SMILES string of the molecule is CC[C@@H](C)NC(=O)[C@H](CC)N(Cc1ccc(C)cc1)C(=O)CN(c1cc(Cl)ccc1OC)S(=O)(=O)c1ccc(OC)c(OC)c1. The Morgan fingerprint density at radius 1 is 0.867 bits per heavy atom. The van der Waals surface area contributed by atoms with Crippen LogP contribution in [0.3, 0.4) is 0 Å². The molecule has 3 aromatic carbocycles. The molecule has 0 aliphatic rings. The number of hydrogen-bond donors (Lipinski definition) is 1. The van der Waals surface area contributed by atoms with Gasteiger partial charge >= 0.3 is 0 Å². The molecule has 2 amide bonds. The van der Waals surface area contributed by atoms with E-state index in [0.29, 0.717) is 18.6 Å². The van der Waals surface area contributed by atoms with E-state index in [0.717, 1.165) is 15.4 Å². The van der Waals surface area contributed by atoms with Gasteiger partial charge in [0.1, 0.15) is 18.3 Å². The Bertz CT molecular complexity index is 1580. The third-order valence-corrected chi connectivity index (χ3v) is 9.48. The van der Waals surface area contributed by atoms with Crippen LogP contribution in [0.25, 0.3) is 0 Å². The van der Waals surface area contributed by atoms with E-state index < -0.39 is 28.5 Å². The van der Waals surface area contributed by atoms with Gasteiger partial charge in [-0.1, -0.05) is 55.3 Å². The van der Waals surface area contributed by atoms with Crippen molar-refractivity contribution < 1.29 is 32.2 Å². The molecule has 0 aliphatic heterocycles. The number of methoxy groups -OCH3 is 3. The van der Waals surface area contributed by atoms with Crippen molar-refractivity contribution in [2.24, 2.45) is 0 Å². The van der Waals surface area contributed by atoms with Crippen LogP contribution >= 0.6 is 11.6 Å². The van der Waals surface area contributed by atoms with Crippen molar-refractivity contribution in [2.75, 3.05) is 32.2 Å². The van der Waals surface area contributed by atoms with Crippen LogP contribution < -0.4 is 23.8 Å². The second-order valence-electron chi connectivity index (χ2n) is 10.6. The smallest absolute Gasteiger partial charge is 0.265 e. The molecule has 244 valence electrons. The summed E-state index contributed by atoms with van der Waals surface area (Å²) in [5, 5.41) is 3.21. The predicted octanol–water partition coefficient (Wildman–Crippen LogP) is 5.59. The van der Waals surface area contributed by atoms with Gasteiger partial charge in [0.25, 0.3) is 10.0 Å². The van der Waals surface area contributed by atoms with Crippen molar-refractivity contribution in [1.29, 1.82) is 0 Å². The Morgan fingerprint density at radius 2 is 1.49 bits per heavy atom. The van der Waals surface area contributed by atoms with Crippen LogP contribution in [0.15, 0.2) is 65.6 Å². The Morgan fingerprint density at radius 3 is 2.07 bits per heavy atom. The van der Waals surface area contributed by atoms with Gasteiger partial charge in [-0.25, -0.2) is 8.42 Å². The van der Waals surface area contributed by atoms with Gasteiger partial charge in [0, 0.05) is 23.7 Å². The van der Waals surface area contributed by atoms with Gasteiger partial charge in [-0.15, -0.1) is 0 Å². The summed E-state index contributed by atoms with van der Waals surface area (Å²) in [7, 11) is -0.199. The molecule has 3 rings (SSSR count). The van der Waals surface area contributed by atoms with E-state index in [4.69, 9.17) is 25.8 Å². The average Bonchev–Trinajstić information content (AvgIpc) is 3.03. The summed E-state index contributed by atoms with van der Waals surface area (Å²) in [6.07, 6.45) is 1.02. The van der Waals surface area contributed by atoms with Gasteiger partial charge in [0.2, 0.25) is 11.8 Å². The molecule has 12 heteroatoms. The molecule has 0 aromatic heterocycles. The highest BCUT2D eigenvalue weighted by molar-refractivity contribution is 7.92. The lowest BCUT2D eigenvalue weighted by Gasteiger charge is -2.34. The molecule has 0 fully saturated rings. The zero-order valence-electron chi connectivity index (χ0n) is 26.8.